The van der Waals surface area contributed by atoms with E-state index in [4.69, 9.17) is 0 Å². The number of amides is 2. The Morgan fingerprint density at radius 2 is 1.76 bits per heavy atom. The zero-order valence-electron chi connectivity index (χ0n) is 12.7. The van der Waals surface area contributed by atoms with Crippen molar-refractivity contribution in [1.29, 1.82) is 0 Å². The van der Waals surface area contributed by atoms with E-state index in [0.29, 0.717) is 5.69 Å². The molecule has 2 rings (SSSR count). The van der Waals surface area contributed by atoms with Gasteiger partial charge < -0.3 is 20.5 Å². The molecule has 0 saturated heterocycles. The normalized spacial score (nSPS) is 11.9. The van der Waals surface area contributed by atoms with Gasteiger partial charge in [0.25, 0.3) is 0 Å². The van der Waals surface area contributed by atoms with Crippen LogP contribution in [0.3, 0.4) is 0 Å². The van der Waals surface area contributed by atoms with Crippen LogP contribution in [0.5, 0.6) is 5.75 Å². The lowest BCUT2D eigenvalue weighted by molar-refractivity contribution is -0.0498. The van der Waals surface area contributed by atoms with Crippen LogP contribution in [-0.4, -0.2) is 24.3 Å². The summed E-state index contributed by atoms with van der Waals surface area (Å²) < 4.78 is 54.1. The number of carbonyl (C=O) groups excluding carboxylic acids is 1. The number of anilines is 1. The number of hydrogen-bond donors (Lipinski definition) is 3. The number of aliphatic hydroxyl groups excluding tert-OH is 1. The molecule has 0 aliphatic heterocycles. The third-order valence-corrected chi connectivity index (χ3v) is 3.12. The molecule has 0 fully saturated rings. The van der Waals surface area contributed by atoms with Gasteiger partial charge in [-0.05, 0) is 42.0 Å². The molecule has 0 radical (unpaired) electrons. The molecule has 0 heterocycles. The van der Waals surface area contributed by atoms with Crippen molar-refractivity contribution in [2.45, 2.75) is 12.7 Å². The summed E-state index contributed by atoms with van der Waals surface area (Å²) in [5.74, 6) is -2.21. The molecule has 0 saturated carbocycles. The first-order valence-electron chi connectivity index (χ1n) is 7.08. The molecule has 0 unspecified atom stereocenters. The fourth-order valence-electron chi connectivity index (χ4n) is 1.92. The second-order valence-electron chi connectivity index (χ2n) is 4.93. The third-order valence-electron chi connectivity index (χ3n) is 3.12. The van der Waals surface area contributed by atoms with Crippen molar-refractivity contribution < 1.29 is 32.2 Å². The predicted molar refractivity (Wildman–Crippen MR) is 81.4 cm³/mol. The van der Waals surface area contributed by atoms with Gasteiger partial charge in [0.2, 0.25) is 0 Å². The van der Waals surface area contributed by atoms with Crippen molar-refractivity contribution in [3.8, 4) is 5.75 Å². The van der Waals surface area contributed by atoms with Crippen molar-refractivity contribution in [2.75, 3.05) is 11.9 Å². The van der Waals surface area contributed by atoms with Gasteiger partial charge in [0.05, 0.1) is 6.10 Å². The van der Waals surface area contributed by atoms with E-state index in [1.165, 1.54) is 30.3 Å². The van der Waals surface area contributed by atoms with Gasteiger partial charge in [-0.25, -0.2) is 13.6 Å². The van der Waals surface area contributed by atoms with Crippen LogP contribution < -0.4 is 15.4 Å². The molecule has 1 atom stereocenters. The Hall–Kier alpha value is -2.81. The molecule has 134 valence electrons. The van der Waals surface area contributed by atoms with E-state index in [1.54, 1.807) is 0 Å². The first-order valence-corrected chi connectivity index (χ1v) is 7.08. The quantitative estimate of drug-likeness (QED) is 0.693. The molecule has 2 aromatic carbocycles. The number of carbonyl (C=O) groups is 1. The molecule has 0 bridgehead atoms. The SMILES string of the molecule is O=C(NC[C@@H](O)c1ccc(F)c(F)c1)Nc1ccc(OC(F)F)cc1. The maximum absolute atomic E-state index is 13.1. The van der Waals surface area contributed by atoms with Gasteiger partial charge in [-0.2, -0.15) is 8.78 Å². The van der Waals surface area contributed by atoms with Crippen LogP contribution in [0.1, 0.15) is 11.7 Å². The summed E-state index contributed by atoms with van der Waals surface area (Å²) in [6.07, 6.45) is -1.23. The van der Waals surface area contributed by atoms with Crippen molar-refractivity contribution in [3.05, 3.63) is 59.7 Å². The van der Waals surface area contributed by atoms with Crippen LogP contribution in [0, 0.1) is 11.6 Å². The Bertz CT molecular complexity index is 726. The summed E-state index contributed by atoms with van der Waals surface area (Å²) in [6.45, 7) is -3.19. The predicted octanol–water partition coefficient (Wildman–Crippen LogP) is 3.42. The lowest BCUT2D eigenvalue weighted by Crippen LogP contribution is -2.32. The van der Waals surface area contributed by atoms with Gasteiger partial charge >= 0.3 is 12.6 Å². The first-order chi connectivity index (χ1) is 11.8. The molecule has 0 aliphatic rings. The minimum atomic E-state index is -2.94. The smallest absolute Gasteiger partial charge is 0.387 e. The summed E-state index contributed by atoms with van der Waals surface area (Å²) in [5, 5.41) is 14.6. The molecule has 3 N–H and O–H groups in total. The second-order valence-corrected chi connectivity index (χ2v) is 4.93. The fraction of sp³-hybridized carbons (Fsp3) is 0.188. The van der Waals surface area contributed by atoms with E-state index in [2.05, 4.69) is 15.4 Å². The van der Waals surface area contributed by atoms with Crippen LogP contribution in [-0.2, 0) is 0 Å². The summed E-state index contributed by atoms with van der Waals surface area (Å²) >= 11 is 0. The molecular formula is C16H14F4N2O3. The molecule has 0 spiro atoms. The van der Waals surface area contributed by atoms with Gasteiger partial charge in [0.15, 0.2) is 11.6 Å². The minimum absolute atomic E-state index is 0.0604. The molecular weight excluding hydrogens is 344 g/mol. The van der Waals surface area contributed by atoms with Crippen LogP contribution in [0.2, 0.25) is 0 Å². The van der Waals surface area contributed by atoms with Gasteiger partial charge in [-0.3, -0.25) is 0 Å². The maximum Gasteiger partial charge on any atom is 0.387 e. The van der Waals surface area contributed by atoms with Crippen molar-refractivity contribution in [2.24, 2.45) is 0 Å². The number of alkyl halides is 2. The van der Waals surface area contributed by atoms with E-state index in [1.807, 2.05) is 0 Å². The van der Waals surface area contributed by atoms with E-state index in [-0.39, 0.29) is 17.9 Å². The third kappa shape index (κ3) is 5.64. The molecule has 5 nitrogen and oxygen atoms in total. The Morgan fingerprint density at radius 3 is 2.36 bits per heavy atom. The Morgan fingerprint density at radius 1 is 1.08 bits per heavy atom. The number of halogens is 4. The topological polar surface area (TPSA) is 70.6 Å². The lowest BCUT2D eigenvalue weighted by Gasteiger charge is -2.13. The largest absolute Gasteiger partial charge is 0.435 e. The number of benzene rings is 2. The highest BCUT2D eigenvalue weighted by Gasteiger charge is 2.12. The average molecular weight is 358 g/mol. The number of hydrogen-bond acceptors (Lipinski definition) is 3. The monoisotopic (exact) mass is 358 g/mol. The van der Waals surface area contributed by atoms with Gasteiger partial charge in [0, 0.05) is 12.2 Å². The number of ether oxygens (including phenoxy) is 1. The van der Waals surface area contributed by atoms with Crippen molar-refractivity contribution >= 4 is 11.7 Å². The average Bonchev–Trinajstić information content (AvgIpc) is 2.56. The molecule has 2 aromatic rings. The van der Waals surface area contributed by atoms with Gasteiger partial charge in [-0.1, -0.05) is 6.07 Å². The highest BCUT2D eigenvalue weighted by atomic mass is 19.3. The van der Waals surface area contributed by atoms with Gasteiger partial charge in [0.1, 0.15) is 5.75 Å². The standard InChI is InChI=1S/C16H14F4N2O3/c17-12-6-1-9(7-13(12)18)14(23)8-21-16(24)22-10-2-4-11(5-3-10)25-15(19)20/h1-7,14-15,23H,8H2,(H2,21,22,24)/t14-/m1/s1. The van der Waals surface area contributed by atoms with Crippen LogP contribution in [0.15, 0.2) is 42.5 Å². The van der Waals surface area contributed by atoms with Crippen LogP contribution in [0.25, 0.3) is 0 Å². The first kappa shape index (κ1) is 18.5. The number of nitrogens with one attached hydrogen (secondary N) is 2. The second kappa shape index (κ2) is 8.34. The van der Waals surface area contributed by atoms with E-state index < -0.39 is 30.4 Å². The van der Waals surface area contributed by atoms with Crippen LogP contribution in [0.4, 0.5) is 28.0 Å². The zero-order valence-corrected chi connectivity index (χ0v) is 12.7. The summed E-state index contributed by atoms with van der Waals surface area (Å²) in [6, 6.07) is 7.43. The highest BCUT2D eigenvalue weighted by molar-refractivity contribution is 5.89. The summed E-state index contributed by atoms with van der Waals surface area (Å²) in [5.41, 5.74) is 0.411. The zero-order chi connectivity index (χ0) is 18.4. The molecule has 0 aliphatic carbocycles. The van der Waals surface area contributed by atoms with Gasteiger partial charge in [-0.15, -0.1) is 0 Å². The maximum atomic E-state index is 13.1. The Balaban J connectivity index is 1.84. The highest BCUT2D eigenvalue weighted by Crippen LogP contribution is 2.18. The van der Waals surface area contributed by atoms with Crippen molar-refractivity contribution in [3.63, 3.8) is 0 Å². The number of aliphatic hydroxyl groups is 1. The lowest BCUT2D eigenvalue weighted by atomic mass is 10.1. The number of rotatable bonds is 6. The van der Waals surface area contributed by atoms with Crippen LogP contribution >= 0.6 is 0 Å². The minimum Gasteiger partial charge on any atom is -0.435 e. The summed E-state index contributed by atoms with van der Waals surface area (Å²) in [7, 11) is 0. The molecule has 9 heteroatoms. The molecule has 25 heavy (non-hydrogen) atoms. The summed E-state index contributed by atoms with van der Waals surface area (Å²) in [4.78, 5) is 11.7. The molecule has 2 amide bonds. The Kier molecular flexibility index (Phi) is 6.18. The van der Waals surface area contributed by atoms with Crippen molar-refractivity contribution in [1.82, 2.24) is 5.32 Å². The van der Waals surface area contributed by atoms with E-state index >= 15 is 0 Å². The van der Waals surface area contributed by atoms with E-state index in [9.17, 15) is 27.5 Å². The van der Waals surface area contributed by atoms with E-state index in [0.717, 1.165) is 12.1 Å². The number of urea groups is 1. The molecule has 0 aromatic heterocycles. The Labute approximate surface area is 140 Å². The fourth-order valence-corrected chi connectivity index (χ4v) is 1.92.